The number of fused-ring (bicyclic) bond motifs is 2. The first-order valence-corrected chi connectivity index (χ1v) is 6.76. The average molecular weight is 261 g/mol. The van der Waals surface area contributed by atoms with E-state index < -0.39 is 0 Å². The second-order valence-corrected chi connectivity index (χ2v) is 5.07. The molecule has 102 valence electrons. The number of hydrogen-bond donors (Lipinski definition) is 2. The van der Waals surface area contributed by atoms with Gasteiger partial charge >= 0.3 is 0 Å². The van der Waals surface area contributed by atoms with Gasteiger partial charge in [0.05, 0.1) is 24.2 Å². The van der Waals surface area contributed by atoms with E-state index in [1.54, 1.807) is 0 Å². The van der Waals surface area contributed by atoms with E-state index >= 15 is 0 Å². The van der Waals surface area contributed by atoms with Crippen molar-refractivity contribution in [2.24, 2.45) is 5.73 Å². The van der Waals surface area contributed by atoms with E-state index in [-0.39, 0.29) is 6.04 Å². The van der Waals surface area contributed by atoms with Gasteiger partial charge in [0.15, 0.2) is 11.5 Å². The van der Waals surface area contributed by atoms with Gasteiger partial charge in [0.25, 0.3) is 0 Å². The van der Waals surface area contributed by atoms with Crippen LogP contribution in [0.4, 0.5) is 0 Å². The Morgan fingerprint density at radius 3 is 2.79 bits per heavy atom. The molecule has 3 N–H and O–H groups in total. The summed E-state index contributed by atoms with van der Waals surface area (Å²) in [5, 5.41) is 0. The number of nitrogens with one attached hydrogen (secondary N) is 1. The van der Waals surface area contributed by atoms with Crippen LogP contribution in [0, 0.1) is 0 Å². The lowest BCUT2D eigenvalue weighted by Gasteiger charge is -2.05. The molecule has 1 unspecified atom stereocenters. The van der Waals surface area contributed by atoms with E-state index in [0.717, 1.165) is 47.6 Å². The summed E-state index contributed by atoms with van der Waals surface area (Å²) in [5.41, 5.74) is 7.68. The van der Waals surface area contributed by atoms with E-state index in [1.165, 1.54) is 0 Å². The number of aryl methyl sites for hydroxylation is 1. The van der Waals surface area contributed by atoms with Crippen molar-refractivity contribution >= 4 is 11.0 Å². The Kier molecular flexibility index (Phi) is 3.29. The Morgan fingerprint density at radius 2 is 2.05 bits per heavy atom. The van der Waals surface area contributed by atoms with Crippen molar-refractivity contribution < 1.29 is 9.47 Å². The lowest BCUT2D eigenvalue weighted by molar-refractivity contribution is 0.297. The Balaban J connectivity index is 1.90. The Bertz CT molecular complexity index is 534. The molecule has 3 rings (SSSR count). The van der Waals surface area contributed by atoms with Crippen LogP contribution in [0.25, 0.3) is 11.0 Å². The van der Waals surface area contributed by atoms with Crippen molar-refractivity contribution in [3.05, 3.63) is 18.0 Å². The molecule has 5 heteroatoms. The molecule has 2 aromatic rings. The second-order valence-electron chi connectivity index (χ2n) is 5.07. The lowest BCUT2D eigenvalue weighted by Crippen LogP contribution is -2.15. The minimum absolute atomic E-state index is 0.191. The fourth-order valence-corrected chi connectivity index (χ4v) is 2.20. The van der Waals surface area contributed by atoms with Gasteiger partial charge in [-0.2, -0.15) is 0 Å². The molecule has 0 saturated carbocycles. The van der Waals surface area contributed by atoms with E-state index in [2.05, 4.69) is 9.97 Å². The molecular weight excluding hydrogens is 242 g/mol. The van der Waals surface area contributed by atoms with Gasteiger partial charge in [-0.05, 0) is 13.3 Å². The summed E-state index contributed by atoms with van der Waals surface area (Å²) in [4.78, 5) is 7.90. The smallest absolute Gasteiger partial charge is 0.163 e. The van der Waals surface area contributed by atoms with E-state index in [9.17, 15) is 0 Å². The highest BCUT2D eigenvalue weighted by Crippen LogP contribution is 2.33. The van der Waals surface area contributed by atoms with Crippen LogP contribution in [0.3, 0.4) is 0 Å². The van der Waals surface area contributed by atoms with Gasteiger partial charge in [0.2, 0.25) is 0 Å². The van der Waals surface area contributed by atoms with Gasteiger partial charge in [0.1, 0.15) is 5.82 Å². The third kappa shape index (κ3) is 2.66. The van der Waals surface area contributed by atoms with Crippen molar-refractivity contribution in [2.45, 2.75) is 32.2 Å². The molecule has 19 heavy (non-hydrogen) atoms. The molecule has 1 aromatic heterocycles. The molecule has 0 aliphatic carbocycles. The first-order valence-electron chi connectivity index (χ1n) is 6.76. The predicted molar refractivity (Wildman–Crippen MR) is 73.7 cm³/mol. The van der Waals surface area contributed by atoms with Crippen LogP contribution in [0.2, 0.25) is 0 Å². The quantitative estimate of drug-likeness (QED) is 0.886. The highest BCUT2D eigenvalue weighted by molar-refractivity contribution is 5.79. The van der Waals surface area contributed by atoms with Crippen molar-refractivity contribution in [2.75, 3.05) is 13.2 Å². The van der Waals surface area contributed by atoms with Crippen LogP contribution in [-0.2, 0) is 6.42 Å². The molecule has 0 spiro atoms. The van der Waals surface area contributed by atoms with Gasteiger partial charge < -0.3 is 20.2 Å². The number of aromatic amines is 1. The predicted octanol–water partition coefficient (Wildman–Crippen LogP) is 2.00. The molecule has 5 nitrogen and oxygen atoms in total. The largest absolute Gasteiger partial charge is 0.489 e. The van der Waals surface area contributed by atoms with Crippen molar-refractivity contribution in [1.82, 2.24) is 9.97 Å². The maximum Gasteiger partial charge on any atom is 0.163 e. The fraction of sp³-hybridized carbons (Fsp3) is 0.500. The number of H-pyrrole nitrogens is 1. The summed E-state index contributed by atoms with van der Waals surface area (Å²) in [5.74, 6) is 2.55. The molecule has 2 heterocycles. The summed E-state index contributed by atoms with van der Waals surface area (Å²) in [6.07, 6.45) is 2.70. The zero-order chi connectivity index (χ0) is 13.2. The van der Waals surface area contributed by atoms with Crippen LogP contribution in [0.15, 0.2) is 12.1 Å². The Hall–Kier alpha value is -1.75. The number of benzene rings is 1. The van der Waals surface area contributed by atoms with Crippen LogP contribution >= 0.6 is 0 Å². The molecule has 1 aromatic carbocycles. The van der Waals surface area contributed by atoms with Crippen molar-refractivity contribution in [3.8, 4) is 11.5 Å². The molecule has 1 atom stereocenters. The number of imidazole rings is 1. The summed E-state index contributed by atoms with van der Waals surface area (Å²) in [6.45, 7) is 3.40. The first-order chi connectivity index (χ1) is 9.22. The highest BCUT2D eigenvalue weighted by atomic mass is 16.5. The summed E-state index contributed by atoms with van der Waals surface area (Å²) in [7, 11) is 0. The summed E-state index contributed by atoms with van der Waals surface area (Å²) in [6, 6.07) is 4.11. The minimum atomic E-state index is 0.191. The van der Waals surface area contributed by atoms with Gasteiger partial charge in [0, 0.05) is 31.0 Å². The number of ether oxygens (including phenoxy) is 2. The van der Waals surface area contributed by atoms with Crippen molar-refractivity contribution in [1.29, 1.82) is 0 Å². The molecule has 0 bridgehead atoms. The Labute approximate surface area is 112 Å². The fourth-order valence-electron chi connectivity index (χ4n) is 2.20. The maximum absolute atomic E-state index is 5.77. The number of hydrogen-bond acceptors (Lipinski definition) is 4. The third-order valence-corrected chi connectivity index (χ3v) is 3.24. The van der Waals surface area contributed by atoms with Crippen LogP contribution in [0.1, 0.15) is 25.6 Å². The monoisotopic (exact) mass is 261 g/mol. The maximum atomic E-state index is 5.77. The zero-order valence-electron chi connectivity index (χ0n) is 11.1. The number of aromatic nitrogens is 2. The first kappa shape index (κ1) is 12.3. The Morgan fingerprint density at radius 1 is 1.32 bits per heavy atom. The van der Waals surface area contributed by atoms with E-state index in [4.69, 9.17) is 15.2 Å². The lowest BCUT2D eigenvalue weighted by atomic mass is 10.2. The van der Waals surface area contributed by atoms with Crippen molar-refractivity contribution in [3.63, 3.8) is 0 Å². The van der Waals surface area contributed by atoms with Gasteiger partial charge in [-0.1, -0.05) is 0 Å². The molecule has 1 aliphatic heterocycles. The minimum Gasteiger partial charge on any atom is -0.489 e. The topological polar surface area (TPSA) is 73.2 Å². The van der Waals surface area contributed by atoms with Gasteiger partial charge in [-0.3, -0.25) is 0 Å². The zero-order valence-corrected chi connectivity index (χ0v) is 11.1. The third-order valence-electron chi connectivity index (χ3n) is 3.24. The van der Waals surface area contributed by atoms with Gasteiger partial charge in [-0.15, -0.1) is 0 Å². The standard InChI is InChI=1S/C14H19N3O2/c1-9(15)3-4-14-16-10-7-12-13(8-11(10)17-14)19-6-2-5-18-12/h7-9H,2-6,15H2,1H3,(H,16,17). The van der Waals surface area contributed by atoms with Gasteiger partial charge in [-0.25, -0.2) is 4.98 Å². The summed E-state index contributed by atoms with van der Waals surface area (Å²) < 4.78 is 11.3. The second kappa shape index (κ2) is 5.09. The highest BCUT2D eigenvalue weighted by Gasteiger charge is 2.14. The average Bonchev–Trinajstić information content (AvgIpc) is 2.63. The SMILES string of the molecule is CC(N)CCc1nc2cc3c(cc2[nH]1)OCCCO3. The molecule has 0 saturated heterocycles. The molecule has 0 radical (unpaired) electrons. The molecule has 0 amide bonds. The molecular formula is C14H19N3O2. The van der Waals surface area contributed by atoms with Crippen LogP contribution in [-0.4, -0.2) is 29.2 Å². The number of rotatable bonds is 3. The summed E-state index contributed by atoms with van der Waals surface area (Å²) >= 11 is 0. The van der Waals surface area contributed by atoms with E-state index in [1.807, 2.05) is 19.1 Å². The van der Waals surface area contributed by atoms with Crippen LogP contribution in [0.5, 0.6) is 11.5 Å². The number of nitrogens with zero attached hydrogens (tertiary/aromatic N) is 1. The van der Waals surface area contributed by atoms with Crippen LogP contribution < -0.4 is 15.2 Å². The molecule has 0 fully saturated rings. The normalized spacial score (nSPS) is 16.3. The molecule has 1 aliphatic rings. The van der Waals surface area contributed by atoms with E-state index in [0.29, 0.717) is 13.2 Å². The number of nitrogens with two attached hydrogens (primary N) is 1.